The highest BCUT2D eigenvalue weighted by atomic mass is 16.6. The zero-order valence-corrected chi connectivity index (χ0v) is 60.3. The molecule has 105 heavy (non-hydrogen) atoms. The number of carbonyl (C=O) groups excluding carboxylic acids is 6. The van der Waals surface area contributed by atoms with Gasteiger partial charge >= 0.3 is 36.3 Å². The maximum atomic E-state index is 13.3. The van der Waals surface area contributed by atoms with Gasteiger partial charge < -0.3 is 68.6 Å². The van der Waals surface area contributed by atoms with E-state index in [0.717, 1.165) is 171 Å². The molecular weight excluding hydrogens is 1330 g/mol. The van der Waals surface area contributed by atoms with Crippen LogP contribution in [0.3, 0.4) is 0 Å². The van der Waals surface area contributed by atoms with Crippen molar-refractivity contribution in [3.63, 3.8) is 0 Å². The van der Waals surface area contributed by atoms with E-state index in [1.807, 2.05) is 48.5 Å². The van der Waals surface area contributed by atoms with Gasteiger partial charge in [0.1, 0.15) is 51.1 Å². The Balaban J connectivity index is 0.699. The zero-order chi connectivity index (χ0) is 73.0. The molecule has 20 nitrogen and oxygen atoms in total. The van der Waals surface area contributed by atoms with E-state index in [9.17, 15) is 28.8 Å². The molecule has 11 rings (SSSR count). The van der Waals surface area contributed by atoms with Crippen LogP contribution >= 0.6 is 0 Å². The van der Waals surface area contributed by atoms with Gasteiger partial charge in [-0.2, -0.15) is 0 Å². The van der Waals surface area contributed by atoms with Crippen molar-refractivity contribution in [1.29, 1.82) is 0 Å². The Hall–Kier alpha value is -9.66. The Morgan fingerprint density at radius 1 is 0.390 bits per heavy atom. The van der Waals surface area contributed by atoms with Gasteiger partial charge in [0.25, 0.3) is 0 Å². The molecule has 6 aromatic carbocycles. The fourth-order valence-electron chi connectivity index (χ4n) is 15.7. The van der Waals surface area contributed by atoms with Crippen LogP contribution in [0.15, 0.2) is 171 Å². The number of alkyl carbamates (subject to hydrolysis) is 4. The molecule has 6 aromatic rings. The molecule has 4 saturated carbocycles. The number of hydrogen-bond acceptors (Lipinski definition) is 16. The predicted octanol–water partition coefficient (Wildman–Crippen LogP) is 15.6. The SMILES string of the molecule is C=CC(=O)OCC(COC1CCCCC1)OC(=O)NCC1CCCC(CNC(=O)OCCOc2ccc(C3(c4ccc(OCCOC(=O)NCC5CCCC(CNC(=O)OC(COC(=O)C=C)COC6CCCCC6)C5)c(-c5ccccc5)c4)c4ccccc4-c4ccccc43)cc2-c2ccccc2)C1. The summed E-state index contributed by atoms with van der Waals surface area (Å²) in [4.78, 5) is 76.3. The van der Waals surface area contributed by atoms with Gasteiger partial charge in [-0.25, -0.2) is 28.8 Å². The Kier molecular flexibility index (Phi) is 28.7. The fourth-order valence-corrected chi connectivity index (χ4v) is 15.7. The molecule has 4 fully saturated rings. The Morgan fingerprint density at radius 2 is 0.762 bits per heavy atom. The highest BCUT2D eigenvalue weighted by Gasteiger charge is 2.47. The highest BCUT2D eigenvalue weighted by molar-refractivity contribution is 5.88. The third-order valence-electron chi connectivity index (χ3n) is 20.9. The number of hydrogen-bond donors (Lipinski definition) is 4. The summed E-state index contributed by atoms with van der Waals surface area (Å²) < 4.78 is 58.5. The number of carbonyl (C=O) groups is 6. The molecule has 0 heterocycles. The number of amides is 4. The molecule has 6 unspecified atom stereocenters. The Bertz CT molecular complexity index is 3590. The van der Waals surface area contributed by atoms with Crippen molar-refractivity contribution in [3.8, 4) is 44.9 Å². The van der Waals surface area contributed by atoms with Crippen LogP contribution < -0.4 is 30.7 Å². The van der Waals surface area contributed by atoms with Gasteiger partial charge in [-0.1, -0.05) is 186 Å². The average Bonchev–Trinajstić information content (AvgIpc) is 1.55. The van der Waals surface area contributed by atoms with Crippen LogP contribution in [0.4, 0.5) is 19.2 Å². The summed E-state index contributed by atoms with van der Waals surface area (Å²) in [5.74, 6) is 0.796. The third-order valence-corrected chi connectivity index (χ3v) is 20.9. The van der Waals surface area contributed by atoms with Gasteiger partial charge in [0, 0.05) is 49.5 Å². The number of esters is 2. The molecule has 4 amide bonds. The first-order chi connectivity index (χ1) is 51.4. The van der Waals surface area contributed by atoms with Crippen molar-refractivity contribution in [2.24, 2.45) is 23.7 Å². The van der Waals surface area contributed by atoms with Crippen LogP contribution in [-0.4, -0.2) is 140 Å². The van der Waals surface area contributed by atoms with E-state index in [1.54, 1.807) is 0 Å². The normalized spacial score (nSPS) is 18.9. The lowest BCUT2D eigenvalue weighted by Gasteiger charge is -2.35. The monoisotopic (exact) mass is 1430 g/mol. The first-order valence-electron chi connectivity index (χ1n) is 37.8. The topological polar surface area (TPSA) is 243 Å². The molecule has 0 radical (unpaired) electrons. The molecular formula is C85H102N4O16. The Morgan fingerprint density at radius 3 is 1.15 bits per heavy atom. The number of ether oxygens (including phenoxy) is 10. The number of rotatable bonds is 34. The van der Waals surface area contributed by atoms with Crippen LogP contribution in [0.25, 0.3) is 33.4 Å². The summed E-state index contributed by atoms with van der Waals surface area (Å²) in [5, 5.41) is 11.8. The molecule has 5 aliphatic rings. The van der Waals surface area contributed by atoms with Gasteiger partial charge in [0.15, 0.2) is 12.2 Å². The summed E-state index contributed by atoms with van der Waals surface area (Å²) in [5.41, 5.74) is 9.27. The number of benzene rings is 6. The third kappa shape index (κ3) is 21.7. The van der Waals surface area contributed by atoms with Crippen LogP contribution in [0, 0.1) is 23.7 Å². The van der Waals surface area contributed by atoms with Gasteiger partial charge in [0.2, 0.25) is 0 Å². The van der Waals surface area contributed by atoms with Crippen LogP contribution in [0.5, 0.6) is 11.5 Å². The largest absolute Gasteiger partial charge is 0.489 e. The summed E-state index contributed by atoms with van der Waals surface area (Å²) in [6, 6.07) is 50.2. The zero-order valence-electron chi connectivity index (χ0n) is 60.3. The molecule has 558 valence electrons. The van der Waals surface area contributed by atoms with Crippen molar-refractivity contribution in [1.82, 2.24) is 21.3 Å². The molecule has 0 aromatic heterocycles. The number of fused-ring (bicyclic) bond motifs is 3. The fraction of sp³-hybridized carbons (Fsp3) is 0.459. The van der Waals surface area contributed by atoms with E-state index in [2.05, 4.69) is 131 Å². The minimum Gasteiger partial charge on any atom is -0.489 e. The second kappa shape index (κ2) is 39.5. The van der Waals surface area contributed by atoms with Gasteiger partial charge in [-0.3, -0.25) is 0 Å². The van der Waals surface area contributed by atoms with Crippen molar-refractivity contribution in [2.45, 2.75) is 145 Å². The van der Waals surface area contributed by atoms with Crippen molar-refractivity contribution < 1.29 is 76.1 Å². The van der Waals surface area contributed by atoms with Crippen molar-refractivity contribution in [2.75, 3.05) is 79.0 Å². The number of nitrogens with one attached hydrogen (secondary N) is 4. The molecule has 0 spiro atoms. The lowest BCUT2D eigenvalue weighted by molar-refractivity contribution is -0.143. The van der Waals surface area contributed by atoms with E-state index in [4.69, 9.17) is 47.4 Å². The summed E-state index contributed by atoms with van der Waals surface area (Å²) in [6.07, 6.45) is 16.3. The van der Waals surface area contributed by atoms with Gasteiger partial charge in [0.05, 0.1) is 30.8 Å². The van der Waals surface area contributed by atoms with Crippen molar-refractivity contribution >= 4 is 36.3 Å². The van der Waals surface area contributed by atoms with Crippen LogP contribution in [0.2, 0.25) is 0 Å². The smallest absolute Gasteiger partial charge is 0.407 e. The van der Waals surface area contributed by atoms with Crippen LogP contribution in [-0.2, 0) is 52.9 Å². The van der Waals surface area contributed by atoms with E-state index in [0.29, 0.717) is 37.7 Å². The molecule has 5 aliphatic carbocycles. The van der Waals surface area contributed by atoms with E-state index in [-0.39, 0.29) is 88.7 Å². The summed E-state index contributed by atoms with van der Waals surface area (Å²) in [7, 11) is 0. The average molecular weight is 1440 g/mol. The Labute approximate surface area is 616 Å². The minimum atomic E-state index is -0.837. The van der Waals surface area contributed by atoms with Crippen molar-refractivity contribution in [3.05, 3.63) is 193 Å². The molecule has 6 atom stereocenters. The standard InChI is InChI=1S/C85H102N4O16/c1-3-79(90)102-57-69(55-100-67-31-13-7-14-32-67)104-83(94)88-53-61-25-21-23-59(47-61)51-86-81(92)98-45-43-96-77-41-39-65(49-73(77)63-27-9-5-10-28-63)85(75-37-19-17-35-71(75)72-36-18-20-38-76(72)85)66-40-42-78(74(50-66)64-29-11-6-12-30-64)97-44-46-99-82(93)87-52-60-24-22-26-62(48-60)54-89-84(95)105-70(58-103-80(91)4-2)56-101-68-33-15-8-16-34-68/h3-6,9-12,17-20,27-30,35-42,49-50,59-62,67-70H,1-2,7-8,13-16,21-26,31-34,43-48,51-58H2,(H,86,92)(H,87,93)(H,88,94)(H,89,95). The maximum absolute atomic E-state index is 13.3. The lowest BCUT2D eigenvalue weighted by Crippen LogP contribution is -2.39. The first-order valence-corrected chi connectivity index (χ1v) is 37.8. The molecule has 20 heteroatoms. The second-order valence-corrected chi connectivity index (χ2v) is 28.2. The predicted molar refractivity (Wildman–Crippen MR) is 400 cm³/mol. The van der Waals surface area contributed by atoms with Gasteiger partial charge in [-0.05, 0) is 157 Å². The maximum Gasteiger partial charge on any atom is 0.407 e. The molecule has 0 saturated heterocycles. The molecule has 0 bridgehead atoms. The minimum absolute atomic E-state index is 0.00450. The summed E-state index contributed by atoms with van der Waals surface area (Å²) >= 11 is 0. The quantitative estimate of drug-likeness (QED) is 0.0127. The van der Waals surface area contributed by atoms with E-state index in [1.165, 1.54) is 12.8 Å². The van der Waals surface area contributed by atoms with E-state index >= 15 is 0 Å². The lowest BCUT2D eigenvalue weighted by atomic mass is 9.67. The second-order valence-electron chi connectivity index (χ2n) is 28.2. The van der Waals surface area contributed by atoms with E-state index < -0.39 is 53.9 Å². The highest BCUT2D eigenvalue weighted by Crippen LogP contribution is 2.57. The van der Waals surface area contributed by atoms with Gasteiger partial charge in [-0.15, -0.1) is 0 Å². The summed E-state index contributed by atoms with van der Waals surface area (Å²) in [6.45, 7) is 8.79. The molecule has 0 aliphatic heterocycles. The molecule has 4 N–H and O–H groups in total. The van der Waals surface area contributed by atoms with Crippen LogP contribution in [0.1, 0.15) is 138 Å². The first kappa shape index (κ1) is 76.5.